The Morgan fingerprint density at radius 2 is 1.61 bits per heavy atom. The SMILES string of the molecule is COc1ccc(-c2cc(-c3ccc(O)cc3OC)c(C#N)c(N)n2)cc1OC. The third-order valence-electron chi connectivity index (χ3n) is 4.31. The molecule has 1 aromatic heterocycles. The van der Waals surface area contributed by atoms with E-state index in [1.54, 1.807) is 38.5 Å². The maximum atomic E-state index is 9.73. The molecular formula is C21H19N3O4. The van der Waals surface area contributed by atoms with Gasteiger partial charge in [0.2, 0.25) is 0 Å². The molecule has 0 radical (unpaired) electrons. The second-order valence-corrected chi connectivity index (χ2v) is 5.88. The van der Waals surface area contributed by atoms with Crippen molar-refractivity contribution >= 4 is 5.82 Å². The number of nitrogen functional groups attached to an aromatic ring is 1. The minimum atomic E-state index is 0.0567. The van der Waals surface area contributed by atoms with E-state index < -0.39 is 0 Å². The number of pyridine rings is 1. The lowest BCUT2D eigenvalue weighted by Crippen LogP contribution is -2.01. The zero-order valence-electron chi connectivity index (χ0n) is 15.7. The summed E-state index contributed by atoms with van der Waals surface area (Å²) in [6, 6.07) is 13.9. The molecule has 0 spiro atoms. The minimum Gasteiger partial charge on any atom is -0.508 e. The van der Waals surface area contributed by atoms with Crippen LogP contribution in [0.2, 0.25) is 0 Å². The van der Waals surface area contributed by atoms with Crippen LogP contribution in [0.15, 0.2) is 42.5 Å². The molecule has 0 saturated heterocycles. The Balaban J connectivity index is 2.24. The average molecular weight is 377 g/mol. The monoisotopic (exact) mass is 377 g/mol. The van der Waals surface area contributed by atoms with Crippen molar-refractivity contribution in [1.82, 2.24) is 4.98 Å². The first-order valence-electron chi connectivity index (χ1n) is 8.32. The molecule has 0 amide bonds. The number of ether oxygens (including phenoxy) is 3. The van der Waals surface area contributed by atoms with Crippen LogP contribution >= 0.6 is 0 Å². The Kier molecular flexibility index (Phi) is 5.23. The highest BCUT2D eigenvalue weighted by molar-refractivity contribution is 5.83. The van der Waals surface area contributed by atoms with Crippen molar-refractivity contribution in [3.8, 4) is 51.5 Å². The number of aromatic nitrogens is 1. The van der Waals surface area contributed by atoms with Crippen molar-refractivity contribution < 1.29 is 19.3 Å². The molecule has 28 heavy (non-hydrogen) atoms. The number of aromatic hydroxyl groups is 1. The number of nitriles is 1. The van der Waals surface area contributed by atoms with Gasteiger partial charge in [-0.15, -0.1) is 0 Å². The summed E-state index contributed by atoms with van der Waals surface area (Å²) < 4.78 is 16.0. The molecule has 0 aliphatic heterocycles. The first kappa shape index (κ1) is 18.9. The number of hydrogen-bond donors (Lipinski definition) is 2. The number of phenolic OH excluding ortho intramolecular Hbond substituents is 1. The molecule has 7 nitrogen and oxygen atoms in total. The van der Waals surface area contributed by atoms with E-state index in [9.17, 15) is 10.4 Å². The van der Waals surface area contributed by atoms with Crippen molar-refractivity contribution in [2.75, 3.05) is 27.1 Å². The van der Waals surface area contributed by atoms with Gasteiger partial charge in [0.1, 0.15) is 28.9 Å². The van der Waals surface area contributed by atoms with Crippen LogP contribution in [0.5, 0.6) is 23.0 Å². The lowest BCUT2D eigenvalue weighted by molar-refractivity contribution is 0.355. The predicted octanol–water partition coefficient (Wildman–Crippen LogP) is 3.60. The van der Waals surface area contributed by atoms with Gasteiger partial charge in [-0.25, -0.2) is 4.98 Å². The van der Waals surface area contributed by atoms with E-state index in [0.29, 0.717) is 34.1 Å². The van der Waals surface area contributed by atoms with Gasteiger partial charge in [-0.05, 0) is 36.4 Å². The molecular weight excluding hydrogens is 358 g/mol. The van der Waals surface area contributed by atoms with E-state index in [4.69, 9.17) is 19.9 Å². The Morgan fingerprint density at radius 3 is 2.25 bits per heavy atom. The Morgan fingerprint density at radius 1 is 0.893 bits per heavy atom. The third-order valence-corrected chi connectivity index (χ3v) is 4.31. The highest BCUT2D eigenvalue weighted by Crippen LogP contribution is 2.39. The summed E-state index contributed by atoms with van der Waals surface area (Å²) in [4.78, 5) is 4.37. The van der Waals surface area contributed by atoms with Gasteiger partial charge in [-0.2, -0.15) is 5.26 Å². The molecule has 0 aliphatic rings. The number of rotatable bonds is 5. The summed E-state index contributed by atoms with van der Waals surface area (Å²) in [7, 11) is 4.60. The summed E-state index contributed by atoms with van der Waals surface area (Å²) >= 11 is 0. The van der Waals surface area contributed by atoms with Crippen molar-refractivity contribution in [1.29, 1.82) is 5.26 Å². The number of nitrogens with two attached hydrogens (primary N) is 1. The van der Waals surface area contributed by atoms with Crippen LogP contribution in [0, 0.1) is 11.3 Å². The lowest BCUT2D eigenvalue weighted by atomic mass is 9.97. The van der Waals surface area contributed by atoms with E-state index in [1.807, 2.05) is 6.07 Å². The molecule has 1 heterocycles. The number of nitrogens with zero attached hydrogens (tertiary/aromatic N) is 2. The molecule has 3 aromatic rings. The number of methoxy groups -OCH3 is 3. The van der Waals surface area contributed by atoms with Gasteiger partial charge in [0.15, 0.2) is 11.5 Å². The van der Waals surface area contributed by atoms with Gasteiger partial charge in [0, 0.05) is 22.8 Å². The molecule has 0 unspecified atom stereocenters. The Hall–Kier alpha value is -3.92. The molecule has 0 fully saturated rings. The maximum Gasteiger partial charge on any atom is 0.161 e. The van der Waals surface area contributed by atoms with Crippen molar-refractivity contribution in [2.45, 2.75) is 0 Å². The fraction of sp³-hybridized carbons (Fsp3) is 0.143. The summed E-state index contributed by atoms with van der Waals surface area (Å²) in [5, 5.41) is 19.3. The Labute approximate surface area is 162 Å². The normalized spacial score (nSPS) is 10.2. The van der Waals surface area contributed by atoms with Crippen LogP contribution < -0.4 is 19.9 Å². The first-order valence-corrected chi connectivity index (χ1v) is 8.32. The van der Waals surface area contributed by atoms with Crippen LogP contribution in [0.25, 0.3) is 22.4 Å². The molecule has 142 valence electrons. The van der Waals surface area contributed by atoms with E-state index in [-0.39, 0.29) is 17.1 Å². The molecule has 3 rings (SSSR count). The summed E-state index contributed by atoms with van der Waals surface area (Å²) in [6.07, 6.45) is 0. The largest absolute Gasteiger partial charge is 0.508 e. The smallest absolute Gasteiger partial charge is 0.161 e. The number of benzene rings is 2. The quantitative estimate of drug-likeness (QED) is 0.699. The van der Waals surface area contributed by atoms with Crippen molar-refractivity contribution in [2.24, 2.45) is 0 Å². The maximum absolute atomic E-state index is 9.73. The summed E-state index contributed by atoms with van der Waals surface area (Å²) in [5.74, 6) is 1.71. The number of anilines is 1. The first-order chi connectivity index (χ1) is 13.5. The van der Waals surface area contributed by atoms with Crippen LogP contribution in [0.4, 0.5) is 5.82 Å². The van der Waals surface area contributed by atoms with Crippen LogP contribution in [-0.4, -0.2) is 31.4 Å². The highest BCUT2D eigenvalue weighted by atomic mass is 16.5. The fourth-order valence-electron chi connectivity index (χ4n) is 2.94. The fourth-order valence-corrected chi connectivity index (χ4v) is 2.94. The van der Waals surface area contributed by atoms with Crippen LogP contribution in [-0.2, 0) is 0 Å². The predicted molar refractivity (Wildman–Crippen MR) is 106 cm³/mol. The van der Waals surface area contributed by atoms with E-state index in [1.165, 1.54) is 19.2 Å². The van der Waals surface area contributed by atoms with Gasteiger partial charge in [0.05, 0.1) is 27.0 Å². The van der Waals surface area contributed by atoms with E-state index >= 15 is 0 Å². The van der Waals surface area contributed by atoms with Gasteiger partial charge < -0.3 is 25.1 Å². The molecule has 3 N–H and O–H groups in total. The molecule has 0 bridgehead atoms. The topological polar surface area (TPSA) is 111 Å². The molecule has 0 atom stereocenters. The number of hydrogen-bond acceptors (Lipinski definition) is 7. The molecule has 0 aliphatic carbocycles. The van der Waals surface area contributed by atoms with Crippen LogP contribution in [0.1, 0.15) is 5.56 Å². The Bertz CT molecular complexity index is 1070. The molecule has 7 heteroatoms. The number of phenols is 1. The van der Waals surface area contributed by atoms with Gasteiger partial charge in [-0.1, -0.05) is 0 Å². The van der Waals surface area contributed by atoms with Crippen LogP contribution in [0.3, 0.4) is 0 Å². The zero-order valence-corrected chi connectivity index (χ0v) is 15.7. The second kappa shape index (κ2) is 7.76. The van der Waals surface area contributed by atoms with Crippen molar-refractivity contribution in [3.63, 3.8) is 0 Å². The third kappa shape index (κ3) is 3.35. The summed E-state index contributed by atoms with van der Waals surface area (Å²) in [5.41, 5.74) is 8.78. The van der Waals surface area contributed by atoms with E-state index in [2.05, 4.69) is 11.1 Å². The second-order valence-electron chi connectivity index (χ2n) is 5.88. The highest BCUT2D eigenvalue weighted by Gasteiger charge is 2.18. The molecule has 2 aromatic carbocycles. The van der Waals surface area contributed by atoms with Crippen molar-refractivity contribution in [3.05, 3.63) is 48.0 Å². The van der Waals surface area contributed by atoms with Gasteiger partial charge in [0.25, 0.3) is 0 Å². The lowest BCUT2D eigenvalue weighted by Gasteiger charge is -2.14. The average Bonchev–Trinajstić information content (AvgIpc) is 2.72. The summed E-state index contributed by atoms with van der Waals surface area (Å²) in [6.45, 7) is 0. The van der Waals surface area contributed by atoms with E-state index in [0.717, 1.165) is 5.56 Å². The van der Waals surface area contributed by atoms with Gasteiger partial charge in [-0.3, -0.25) is 0 Å². The standard InChI is InChI=1S/C21H19N3O4/c1-26-18-7-4-12(8-20(18)28-3)17-10-15(16(11-22)21(23)24-17)14-6-5-13(25)9-19(14)27-2/h4-10,25H,1-3H3,(H2,23,24). The molecule has 0 saturated carbocycles. The zero-order chi connectivity index (χ0) is 20.3. The van der Waals surface area contributed by atoms with Gasteiger partial charge >= 0.3 is 0 Å². The minimum absolute atomic E-state index is 0.0567.